The van der Waals surface area contributed by atoms with Crippen LogP contribution in [0.15, 0.2) is 42.5 Å². The van der Waals surface area contributed by atoms with Crippen molar-refractivity contribution in [3.05, 3.63) is 48.0 Å². The zero-order valence-corrected chi connectivity index (χ0v) is 11.0. The molecule has 0 radical (unpaired) electrons. The van der Waals surface area contributed by atoms with E-state index in [4.69, 9.17) is 4.74 Å². The molecule has 0 spiro atoms. The van der Waals surface area contributed by atoms with Crippen LogP contribution >= 0.6 is 0 Å². The Kier molecular flexibility index (Phi) is 4.00. The fraction of sp³-hybridized carbons (Fsp3) is 0.375. The van der Waals surface area contributed by atoms with E-state index in [1.807, 2.05) is 25.1 Å². The molecule has 1 N–H and O–H groups in total. The van der Waals surface area contributed by atoms with Crippen molar-refractivity contribution in [2.24, 2.45) is 0 Å². The molecule has 2 aromatic carbocycles. The first-order valence-corrected chi connectivity index (χ1v) is 6.30. The van der Waals surface area contributed by atoms with Crippen LogP contribution in [-0.2, 0) is 11.2 Å². The first-order valence-electron chi connectivity index (χ1n) is 6.30. The maximum atomic E-state index is 10.4. The van der Waals surface area contributed by atoms with Crippen LogP contribution in [0.5, 0.6) is 0 Å². The zero-order chi connectivity index (χ0) is 13.0. The number of hydrogen-bond acceptors (Lipinski definition) is 2. The molecule has 2 nitrogen and oxygen atoms in total. The van der Waals surface area contributed by atoms with Crippen LogP contribution in [-0.4, -0.2) is 24.4 Å². The van der Waals surface area contributed by atoms with Gasteiger partial charge >= 0.3 is 0 Å². The van der Waals surface area contributed by atoms with Gasteiger partial charge in [-0.15, -0.1) is 0 Å². The smallest absolute Gasteiger partial charge is 0.0682 e. The molecule has 96 valence electrons. The van der Waals surface area contributed by atoms with Crippen molar-refractivity contribution < 1.29 is 9.84 Å². The molecule has 0 aliphatic rings. The molecule has 18 heavy (non-hydrogen) atoms. The summed E-state index contributed by atoms with van der Waals surface area (Å²) in [6.45, 7) is 2.45. The highest BCUT2D eigenvalue weighted by atomic mass is 16.5. The van der Waals surface area contributed by atoms with Crippen LogP contribution in [0, 0.1) is 0 Å². The third-order valence-corrected chi connectivity index (χ3v) is 3.30. The molecule has 1 unspecified atom stereocenters. The molecule has 2 rings (SSSR count). The predicted octanol–water partition coefficient (Wildman–Crippen LogP) is 3.17. The Morgan fingerprint density at radius 1 is 1.11 bits per heavy atom. The molecule has 2 aromatic rings. The van der Waals surface area contributed by atoms with Crippen LogP contribution in [0.4, 0.5) is 0 Å². The van der Waals surface area contributed by atoms with Gasteiger partial charge in [0.1, 0.15) is 0 Å². The molecule has 1 atom stereocenters. The lowest BCUT2D eigenvalue weighted by atomic mass is 9.91. The van der Waals surface area contributed by atoms with E-state index >= 15 is 0 Å². The van der Waals surface area contributed by atoms with Gasteiger partial charge in [0.2, 0.25) is 0 Å². The van der Waals surface area contributed by atoms with Crippen LogP contribution < -0.4 is 0 Å². The first-order chi connectivity index (χ1) is 8.62. The Hall–Kier alpha value is -1.38. The quantitative estimate of drug-likeness (QED) is 0.875. The van der Waals surface area contributed by atoms with Crippen LogP contribution in [0.3, 0.4) is 0 Å². The lowest BCUT2D eigenvalue weighted by Crippen LogP contribution is -2.28. The van der Waals surface area contributed by atoms with Gasteiger partial charge in [-0.3, -0.25) is 0 Å². The summed E-state index contributed by atoms with van der Waals surface area (Å²) in [7, 11) is 1.66. The summed E-state index contributed by atoms with van der Waals surface area (Å²) in [6.07, 6.45) is 1.30. The minimum Gasteiger partial charge on any atom is -0.390 e. The van der Waals surface area contributed by atoms with Gasteiger partial charge in [-0.25, -0.2) is 0 Å². The van der Waals surface area contributed by atoms with Crippen LogP contribution in [0.1, 0.15) is 18.9 Å². The van der Waals surface area contributed by atoms with Crippen molar-refractivity contribution in [1.29, 1.82) is 0 Å². The zero-order valence-electron chi connectivity index (χ0n) is 11.0. The van der Waals surface area contributed by atoms with E-state index in [-0.39, 0.29) is 0 Å². The highest BCUT2D eigenvalue weighted by Gasteiger charge is 2.21. The topological polar surface area (TPSA) is 29.5 Å². The summed E-state index contributed by atoms with van der Waals surface area (Å²) in [6, 6.07) is 14.5. The van der Waals surface area contributed by atoms with Crippen molar-refractivity contribution in [2.45, 2.75) is 25.4 Å². The van der Waals surface area contributed by atoms with Gasteiger partial charge < -0.3 is 9.84 Å². The van der Waals surface area contributed by atoms with Crippen molar-refractivity contribution in [1.82, 2.24) is 0 Å². The van der Waals surface area contributed by atoms with Gasteiger partial charge in [0.15, 0.2) is 0 Å². The Bertz CT molecular complexity index is 512. The van der Waals surface area contributed by atoms with E-state index in [1.54, 1.807) is 7.11 Å². The van der Waals surface area contributed by atoms with E-state index in [2.05, 4.69) is 24.3 Å². The largest absolute Gasteiger partial charge is 0.390 e. The molecule has 0 aliphatic heterocycles. The predicted molar refractivity (Wildman–Crippen MR) is 74.8 cm³/mol. The summed E-state index contributed by atoms with van der Waals surface area (Å²) >= 11 is 0. The normalized spacial score (nSPS) is 14.6. The number of aliphatic hydroxyl groups is 1. The third kappa shape index (κ3) is 3.09. The number of rotatable bonds is 5. The lowest BCUT2D eigenvalue weighted by Gasteiger charge is -2.23. The molecule has 2 heteroatoms. The molecule has 0 aromatic heterocycles. The van der Waals surface area contributed by atoms with E-state index in [0.29, 0.717) is 19.4 Å². The molecule has 0 aliphatic carbocycles. The van der Waals surface area contributed by atoms with E-state index in [0.717, 1.165) is 0 Å². The maximum absolute atomic E-state index is 10.4. The molecular weight excluding hydrogens is 224 g/mol. The van der Waals surface area contributed by atoms with E-state index in [9.17, 15) is 5.11 Å². The van der Waals surface area contributed by atoms with Gasteiger partial charge in [0.05, 0.1) is 5.60 Å². The summed E-state index contributed by atoms with van der Waals surface area (Å²) in [4.78, 5) is 0. The SMILES string of the molecule is COCCC(C)(O)Cc1cccc2ccccc12. The van der Waals surface area contributed by atoms with Crippen LogP contribution in [0.2, 0.25) is 0 Å². The molecule has 0 bridgehead atoms. The van der Waals surface area contributed by atoms with Crippen molar-refractivity contribution in [2.75, 3.05) is 13.7 Å². The van der Waals surface area contributed by atoms with Gasteiger partial charge in [0, 0.05) is 20.1 Å². The number of hydrogen-bond donors (Lipinski definition) is 1. The summed E-state index contributed by atoms with van der Waals surface area (Å²) in [5.74, 6) is 0. The maximum Gasteiger partial charge on any atom is 0.0682 e. The average molecular weight is 244 g/mol. The van der Waals surface area contributed by atoms with Crippen molar-refractivity contribution in [3.8, 4) is 0 Å². The number of benzene rings is 2. The van der Waals surface area contributed by atoms with Crippen molar-refractivity contribution >= 4 is 10.8 Å². The fourth-order valence-corrected chi connectivity index (χ4v) is 2.27. The van der Waals surface area contributed by atoms with Gasteiger partial charge in [-0.1, -0.05) is 42.5 Å². The Balaban J connectivity index is 2.26. The molecule has 0 saturated heterocycles. The third-order valence-electron chi connectivity index (χ3n) is 3.30. The Morgan fingerprint density at radius 3 is 2.61 bits per heavy atom. The minimum absolute atomic E-state index is 0.581. The first kappa shape index (κ1) is 13.1. The monoisotopic (exact) mass is 244 g/mol. The number of methoxy groups -OCH3 is 1. The van der Waals surface area contributed by atoms with E-state index in [1.165, 1.54) is 16.3 Å². The summed E-state index contributed by atoms with van der Waals surface area (Å²) in [5.41, 5.74) is 0.467. The second-order valence-corrected chi connectivity index (χ2v) is 5.05. The van der Waals surface area contributed by atoms with Gasteiger partial charge in [0.25, 0.3) is 0 Å². The Labute approximate surface area is 108 Å². The lowest BCUT2D eigenvalue weighted by molar-refractivity contribution is 0.0252. The Morgan fingerprint density at radius 2 is 1.83 bits per heavy atom. The standard InChI is InChI=1S/C16H20O2/c1-16(17,10-11-18-2)12-14-8-5-7-13-6-3-4-9-15(13)14/h3-9,17H,10-12H2,1-2H3. The highest BCUT2D eigenvalue weighted by Crippen LogP contribution is 2.24. The minimum atomic E-state index is -0.722. The number of ether oxygens (including phenoxy) is 1. The highest BCUT2D eigenvalue weighted by molar-refractivity contribution is 5.85. The van der Waals surface area contributed by atoms with Gasteiger partial charge in [-0.05, 0) is 29.7 Å². The van der Waals surface area contributed by atoms with E-state index < -0.39 is 5.60 Å². The molecule has 0 fully saturated rings. The summed E-state index contributed by atoms with van der Waals surface area (Å²) < 4.78 is 5.04. The number of fused-ring (bicyclic) bond motifs is 1. The summed E-state index contributed by atoms with van der Waals surface area (Å²) in [5, 5.41) is 12.8. The molecule has 0 saturated carbocycles. The second kappa shape index (κ2) is 5.51. The molecular formula is C16H20O2. The van der Waals surface area contributed by atoms with Crippen LogP contribution in [0.25, 0.3) is 10.8 Å². The fourth-order valence-electron chi connectivity index (χ4n) is 2.27. The molecule has 0 heterocycles. The second-order valence-electron chi connectivity index (χ2n) is 5.05. The average Bonchev–Trinajstić information content (AvgIpc) is 2.37. The molecule has 0 amide bonds. The van der Waals surface area contributed by atoms with Gasteiger partial charge in [-0.2, -0.15) is 0 Å². The van der Waals surface area contributed by atoms with Crippen molar-refractivity contribution in [3.63, 3.8) is 0 Å².